The molecule has 1 aliphatic rings. The van der Waals surface area contributed by atoms with E-state index in [1.165, 1.54) is 12.8 Å². The van der Waals surface area contributed by atoms with Crippen LogP contribution in [0.1, 0.15) is 31.4 Å². The van der Waals surface area contributed by atoms with Gasteiger partial charge in [-0.2, -0.15) is 0 Å². The zero-order valence-electron chi connectivity index (χ0n) is 13.2. The van der Waals surface area contributed by atoms with Crippen molar-refractivity contribution in [3.05, 3.63) is 46.0 Å². The van der Waals surface area contributed by atoms with Crippen LogP contribution in [0.25, 0.3) is 16.2 Å². The van der Waals surface area contributed by atoms with Crippen molar-refractivity contribution in [3.63, 3.8) is 0 Å². The maximum Gasteiger partial charge on any atom is 0.226 e. The third kappa shape index (κ3) is 3.26. The predicted octanol–water partition coefficient (Wildman–Crippen LogP) is 4.43. The third-order valence-electron chi connectivity index (χ3n) is 4.47. The molecule has 1 saturated carbocycles. The molecule has 0 spiro atoms. The first-order valence-electron chi connectivity index (χ1n) is 8.20. The van der Waals surface area contributed by atoms with E-state index in [2.05, 4.69) is 32.3 Å². The lowest BCUT2D eigenvalue weighted by atomic mass is 10.2. The van der Waals surface area contributed by atoms with Gasteiger partial charge in [0.05, 0.1) is 12.1 Å². The number of carbonyl (C=O) groups excluding carboxylic acids is 1. The van der Waals surface area contributed by atoms with Gasteiger partial charge in [-0.1, -0.05) is 40.9 Å². The molecule has 2 heterocycles. The maximum absolute atomic E-state index is 12.3. The summed E-state index contributed by atoms with van der Waals surface area (Å²) in [6, 6.07) is 8.47. The highest BCUT2D eigenvalue weighted by Gasteiger charge is 2.18. The van der Waals surface area contributed by atoms with Crippen LogP contribution < -0.4 is 5.32 Å². The normalized spacial score (nSPS) is 15.2. The molecule has 4 nitrogen and oxygen atoms in total. The minimum Gasteiger partial charge on any atom is -0.353 e. The number of fused-ring (bicyclic) bond motifs is 1. The van der Waals surface area contributed by atoms with E-state index >= 15 is 0 Å². The zero-order chi connectivity index (χ0) is 16.5. The van der Waals surface area contributed by atoms with E-state index in [-0.39, 0.29) is 5.91 Å². The molecule has 0 aliphatic heterocycles. The molecule has 3 aromatic rings. The summed E-state index contributed by atoms with van der Waals surface area (Å²) in [5, 5.41) is 5.18. The van der Waals surface area contributed by atoms with Crippen LogP contribution in [0.2, 0.25) is 0 Å². The van der Waals surface area contributed by atoms with Crippen LogP contribution in [-0.2, 0) is 11.2 Å². The van der Waals surface area contributed by atoms with Gasteiger partial charge in [0.15, 0.2) is 4.96 Å². The molecule has 1 aromatic carbocycles. The van der Waals surface area contributed by atoms with Crippen LogP contribution in [0.5, 0.6) is 0 Å². The zero-order valence-corrected chi connectivity index (χ0v) is 15.6. The molecule has 2 aromatic heterocycles. The first-order chi connectivity index (χ1) is 11.7. The fraction of sp³-hybridized carbons (Fsp3) is 0.333. The van der Waals surface area contributed by atoms with Gasteiger partial charge >= 0.3 is 0 Å². The number of hydrogen-bond donors (Lipinski definition) is 1. The highest BCUT2D eigenvalue weighted by atomic mass is 79.9. The van der Waals surface area contributed by atoms with Gasteiger partial charge in [0.1, 0.15) is 0 Å². The average molecular weight is 404 g/mol. The van der Waals surface area contributed by atoms with Crippen molar-refractivity contribution in [1.29, 1.82) is 0 Å². The van der Waals surface area contributed by atoms with E-state index in [9.17, 15) is 4.79 Å². The Morgan fingerprint density at radius 2 is 2.21 bits per heavy atom. The van der Waals surface area contributed by atoms with Crippen LogP contribution in [0.15, 0.2) is 40.3 Å². The second-order valence-corrected chi connectivity index (χ2v) is 7.99. The number of carbonyl (C=O) groups is 1. The molecule has 1 N–H and O–H groups in total. The number of benzene rings is 1. The van der Waals surface area contributed by atoms with E-state index in [0.29, 0.717) is 12.5 Å². The topological polar surface area (TPSA) is 46.4 Å². The summed E-state index contributed by atoms with van der Waals surface area (Å²) in [6.07, 6.45) is 7.11. The highest BCUT2D eigenvalue weighted by molar-refractivity contribution is 9.10. The molecule has 24 heavy (non-hydrogen) atoms. The molecule has 0 saturated heterocycles. The molecule has 0 atom stereocenters. The maximum atomic E-state index is 12.3. The smallest absolute Gasteiger partial charge is 0.226 e. The van der Waals surface area contributed by atoms with Gasteiger partial charge in [-0.25, -0.2) is 4.98 Å². The molecule has 0 bridgehead atoms. The van der Waals surface area contributed by atoms with Crippen LogP contribution in [-0.4, -0.2) is 21.3 Å². The van der Waals surface area contributed by atoms with Crippen molar-refractivity contribution in [1.82, 2.24) is 14.7 Å². The Morgan fingerprint density at radius 1 is 1.38 bits per heavy atom. The van der Waals surface area contributed by atoms with Gasteiger partial charge < -0.3 is 5.32 Å². The standard InChI is InChI=1S/C18H18BrN3OS/c19-13-5-3-4-12(8-13)16-10-22-15(11-24-18(22)21-16)9-17(23)20-14-6-1-2-7-14/h3-5,8,10-11,14H,1-2,6-7,9H2,(H,20,23). The quantitative estimate of drug-likeness (QED) is 0.700. The summed E-state index contributed by atoms with van der Waals surface area (Å²) >= 11 is 5.08. The number of nitrogens with one attached hydrogen (secondary N) is 1. The molecule has 0 radical (unpaired) electrons. The number of aromatic nitrogens is 2. The first kappa shape index (κ1) is 15.8. The van der Waals surface area contributed by atoms with E-state index in [0.717, 1.165) is 39.2 Å². The molecule has 1 amide bonds. The Morgan fingerprint density at radius 3 is 3.00 bits per heavy atom. The van der Waals surface area contributed by atoms with Gasteiger partial charge in [0, 0.05) is 33.3 Å². The van der Waals surface area contributed by atoms with Crippen molar-refractivity contribution in [2.45, 2.75) is 38.1 Å². The van der Waals surface area contributed by atoms with Crippen molar-refractivity contribution >= 4 is 38.1 Å². The largest absolute Gasteiger partial charge is 0.353 e. The van der Waals surface area contributed by atoms with Crippen LogP contribution in [0.4, 0.5) is 0 Å². The van der Waals surface area contributed by atoms with Gasteiger partial charge in [-0.05, 0) is 25.0 Å². The highest BCUT2D eigenvalue weighted by Crippen LogP contribution is 2.26. The second kappa shape index (κ2) is 6.69. The van der Waals surface area contributed by atoms with Gasteiger partial charge in [-0.3, -0.25) is 9.20 Å². The number of imidazole rings is 1. The Kier molecular flexibility index (Phi) is 4.41. The Balaban J connectivity index is 1.55. The Bertz CT molecular complexity index is 879. The minimum atomic E-state index is 0.110. The Labute approximate surface area is 153 Å². The molecule has 0 unspecified atom stereocenters. The summed E-state index contributed by atoms with van der Waals surface area (Å²) in [4.78, 5) is 17.9. The summed E-state index contributed by atoms with van der Waals surface area (Å²) < 4.78 is 3.07. The molecule has 1 fully saturated rings. The molecule has 124 valence electrons. The summed E-state index contributed by atoms with van der Waals surface area (Å²) in [5.41, 5.74) is 3.00. The SMILES string of the molecule is O=C(Cc1csc2nc(-c3cccc(Br)c3)cn12)NC1CCCC1. The second-order valence-electron chi connectivity index (χ2n) is 6.24. The van der Waals surface area contributed by atoms with Gasteiger partial charge in [-0.15, -0.1) is 11.3 Å². The number of halogens is 1. The molecular formula is C18H18BrN3OS. The lowest BCUT2D eigenvalue weighted by Crippen LogP contribution is -2.33. The molecule has 6 heteroatoms. The average Bonchev–Trinajstić information content (AvgIpc) is 3.26. The lowest BCUT2D eigenvalue weighted by Gasteiger charge is -2.11. The van der Waals surface area contributed by atoms with E-state index in [1.807, 2.05) is 34.2 Å². The first-order valence-corrected chi connectivity index (χ1v) is 9.87. The summed E-state index contributed by atoms with van der Waals surface area (Å²) in [5.74, 6) is 0.110. The Hall–Kier alpha value is -1.66. The lowest BCUT2D eigenvalue weighted by molar-refractivity contribution is -0.121. The fourth-order valence-electron chi connectivity index (χ4n) is 3.26. The van der Waals surface area contributed by atoms with Crippen LogP contribution >= 0.6 is 27.3 Å². The van der Waals surface area contributed by atoms with Crippen molar-refractivity contribution in [3.8, 4) is 11.3 Å². The predicted molar refractivity (Wildman–Crippen MR) is 100 cm³/mol. The van der Waals surface area contributed by atoms with E-state index < -0.39 is 0 Å². The van der Waals surface area contributed by atoms with Crippen molar-refractivity contribution < 1.29 is 4.79 Å². The summed E-state index contributed by atoms with van der Waals surface area (Å²) in [6.45, 7) is 0. The third-order valence-corrected chi connectivity index (χ3v) is 5.85. The number of thiazole rings is 1. The van der Waals surface area contributed by atoms with Crippen molar-refractivity contribution in [2.75, 3.05) is 0 Å². The van der Waals surface area contributed by atoms with Gasteiger partial charge in [0.2, 0.25) is 5.91 Å². The number of rotatable bonds is 4. The van der Waals surface area contributed by atoms with Crippen molar-refractivity contribution in [2.24, 2.45) is 0 Å². The monoisotopic (exact) mass is 403 g/mol. The summed E-state index contributed by atoms with van der Waals surface area (Å²) in [7, 11) is 0. The van der Waals surface area contributed by atoms with E-state index in [4.69, 9.17) is 0 Å². The number of hydrogen-bond acceptors (Lipinski definition) is 3. The van der Waals surface area contributed by atoms with Crippen LogP contribution in [0, 0.1) is 0 Å². The number of nitrogens with zero attached hydrogens (tertiary/aromatic N) is 2. The van der Waals surface area contributed by atoms with Gasteiger partial charge in [0.25, 0.3) is 0 Å². The number of amides is 1. The molecule has 1 aliphatic carbocycles. The van der Waals surface area contributed by atoms with E-state index in [1.54, 1.807) is 11.3 Å². The molecule has 4 rings (SSSR count). The molecular weight excluding hydrogens is 386 g/mol. The minimum absolute atomic E-state index is 0.110. The van der Waals surface area contributed by atoms with Crippen LogP contribution in [0.3, 0.4) is 0 Å². The fourth-order valence-corrected chi connectivity index (χ4v) is 4.53.